The number of benzene rings is 1. The maximum Gasteiger partial charge on any atom is 0.330 e. The summed E-state index contributed by atoms with van der Waals surface area (Å²) < 4.78 is 4.45. The third kappa shape index (κ3) is 10.5. The SMILES string of the molecule is CC(C)=CC(=O)O.COC(=O)C=Cc1ccccc1. The van der Waals surface area contributed by atoms with Crippen molar-refractivity contribution in [3.63, 3.8) is 0 Å². The Hall–Kier alpha value is -2.36. The Balaban J connectivity index is 0.000000399. The first-order valence-electron chi connectivity index (χ1n) is 5.64. The summed E-state index contributed by atoms with van der Waals surface area (Å²) in [4.78, 5) is 20.4. The number of allylic oxidation sites excluding steroid dienone is 1. The number of carbonyl (C=O) groups is 2. The van der Waals surface area contributed by atoms with Gasteiger partial charge in [-0.3, -0.25) is 0 Å². The Morgan fingerprint density at radius 1 is 1.16 bits per heavy atom. The summed E-state index contributed by atoms with van der Waals surface area (Å²) in [6, 6.07) is 9.59. The van der Waals surface area contributed by atoms with Crippen LogP contribution in [0.15, 0.2) is 48.1 Å². The minimum absolute atomic E-state index is 0.334. The van der Waals surface area contributed by atoms with Gasteiger partial charge < -0.3 is 9.84 Å². The number of hydrogen-bond acceptors (Lipinski definition) is 3. The van der Waals surface area contributed by atoms with Gasteiger partial charge in [0, 0.05) is 12.2 Å². The molecule has 102 valence electrons. The first kappa shape index (κ1) is 16.6. The van der Waals surface area contributed by atoms with Gasteiger partial charge in [0.15, 0.2) is 0 Å². The molecule has 0 fully saturated rings. The summed E-state index contributed by atoms with van der Waals surface area (Å²) in [5.41, 5.74) is 1.80. The van der Waals surface area contributed by atoms with Crippen molar-refractivity contribution in [2.75, 3.05) is 7.11 Å². The van der Waals surface area contributed by atoms with E-state index in [0.717, 1.165) is 11.1 Å². The van der Waals surface area contributed by atoms with Crippen LogP contribution < -0.4 is 0 Å². The lowest BCUT2D eigenvalue weighted by Gasteiger charge is -1.91. The lowest BCUT2D eigenvalue weighted by Crippen LogP contribution is -1.92. The van der Waals surface area contributed by atoms with Crippen molar-refractivity contribution in [3.8, 4) is 0 Å². The molecule has 0 atom stereocenters. The molecule has 0 spiro atoms. The smallest absolute Gasteiger partial charge is 0.330 e. The molecule has 0 saturated heterocycles. The van der Waals surface area contributed by atoms with Crippen LogP contribution in [0.3, 0.4) is 0 Å². The fourth-order valence-electron chi connectivity index (χ4n) is 1.04. The Labute approximate surface area is 113 Å². The molecule has 1 aromatic carbocycles. The second-order valence-corrected chi connectivity index (χ2v) is 3.83. The van der Waals surface area contributed by atoms with Gasteiger partial charge >= 0.3 is 11.9 Å². The molecule has 19 heavy (non-hydrogen) atoms. The summed E-state index contributed by atoms with van der Waals surface area (Å²) in [7, 11) is 1.36. The van der Waals surface area contributed by atoms with Crippen LogP contribution in [0.2, 0.25) is 0 Å². The van der Waals surface area contributed by atoms with Gasteiger partial charge in [0.2, 0.25) is 0 Å². The molecule has 0 radical (unpaired) electrons. The first-order chi connectivity index (χ1) is 8.95. The second kappa shape index (κ2) is 9.65. The molecular formula is C15H18O4. The summed E-state index contributed by atoms with van der Waals surface area (Å²) in [5.74, 6) is -1.21. The van der Waals surface area contributed by atoms with Gasteiger partial charge in [-0.15, -0.1) is 0 Å². The first-order valence-corrected chi connectivity index (χ1v) is 5.64. The Bertz CT molecular complexity index is 454. The second-order valence-electron chi connectivity index (χ2n) is 3.83. The molecule has 0 aliphatic heterocycles. The zero-order valence-electron chi connectivity index (χ0n) is 11.3. The topological polar surface area (TPSA) is 63.6 Å². The molecule has 0 unspecified atom stereocenters. The van der Waals surface area contributed by atoms with Crippen molar-refractivity contribution in [1.82, 2.24) is 0 Å². The van der Waals surface area contributed by atoms with Crippen LogP contribution in [0.4, 0.5) is 0 Å². The molecule has 0 aromatic heterocycles. The number of hydrogen-bond donors (Lipinski definition) is 1. The monoisotopic (exact) mass is 262 g/mol. The quantitative estimate of drug-likeness (QED) is 0.672. The molecule has 0 amide bonds. The fourth-order valence-corrected chi connectivity index (χ4v) is 1.04. The Kier molecular flexibility index (Phi) is 8.45. The number of carbonyl (C=O) groups excluding carboxylic acids is 1. The molecular weight excluding hydrogens is 244 g/mol. The molecule has 4 nitrogen and oxygen atoms in total. The van der Waals surface area contributed by atoms with E-state index in [1.807, 2.05) is 30.3 Å². The number of rotatable bonds is 3. The lowest BCUT2D eigenvalue weighted by atomic mass is 10.2. The molecule has 0 bridgehead atoms. The van der Waals surface area contributed by atoms with Crippen LogP contribution in [-0.2, 0) is 14.3 Å². The highest BCUT2D eigenvalue weighted by molar-refractivity contribution is 5.86. The van der Waals surface area contributed by atoms with Gasteiger partial charge in [0.1, 0.15) is 0 Å². The van der Waals surface area contributed by atoms with Crippen molar-refractivity contribution in [3.05, 3.63) is 53.6 Å². The molecule has 0 saturated carbocycles. The molecule has 1 N–H and O–H groups in total. The van der Waals surface area contributed by atoms with Crippen molar-refractivity contribution < 1.29 is 19.4 Å². The number of ether oxygens (including phenoxy) is 1. The van der Waals surface area contributed by atoms with Crippen molar-refractivity contribution in [1.29, 1.82) is 0 Å². The van der Waals surface area contributed by atoms with E-state index in [1.54, 1.807) is 19.9 Å². The van der Waals surface area contributed by atoms with Crippen LogP contribution in [-0.4, -0.2) is 24.2 Å². The number of carboxylic acids is 1. The van der Waals surface area contributed by atoms with E-state index in [1.165, 1.54) is 19.3 Å². The summed E-state index contributed by atoms with van der Waals surface area (Å²) in [6.07, 6.45) is 4.28. The average Bonchev–Trinajstić information content (AvgIpc) is 2.36. The predicted octanol–water partition coefficient (Wildman–Crippen LogP) is 2.91. The van der Waals surface area contributed by atoms with E-state index in [0.29, 0.717) is 0 Å². The van der Waals surface area contributed by atoms with E-state index in [-0.39, 0.29) is 5.97 Å². The van der Waals surface area contributed by atoms with Crippen LogP contribution >= 0.6 is 0 Å². The highest BCUT2D eigenvalue weighted by Gasteiger charge is 1.89. The molecule has 1 rings (SSSR count). The minimum Gasteiger partial charge on any atom is -0.478 e. The molecule has 4 heteroatoms. The highest BCUT2D eigenvalue weighted by atomic mass is 16.5. The van der Waals surface area contributed by atoms with E-state index in [4.69, 9.17) is 5.11 Å². The van der Waals surface area contributed by atoms with Gasteiger partial charge in [-0.05, 0) is 25.5 Å². The molecule has 0 aliphatic carbocycles. The number of methoxy groups -OCH3 is 1. The van der Waals surface area contributed by atoms with Crippen molar-refractivity contribution in [2.24, 2.45) is 0 Å². The van der Waals surface area contributed by atoms with Crippen molar-refractivity contribution >= 4 is 18.0 Å². The van der Waals surface area contributed by atoms with Gasteiger partial charge in [-0.2, -0.15) is 0 Å². The number of esters is 1. The van der Waals surface area contributed by atoms with Gasteiger partial charge in [0.25, 0.3) is 0 Å². The zero-order valence-corrected chi connectivity index (χ0v) is 11.3. The summed E-state index contributed by atoms with van der Waals surface area (Å²) >= 11 is 0. The maximum atomic E-state index is 10.7. The van der Waals surface area contributed by atoms with Crippen LogP contribution in [0.5, 0.6) is 0 Å². The van der Waals surface area contributed by atoms with Crippen LogP contribution in [0, 0.1) is 0 Å². The summed E-state index contributed by atoms with van der Waals surface area (Å²) in [6.45, 7) is 3.49. The van der Waals surface area contributed by atoms with E-state index in [2.05, 4.69) is 4.74 Å². The van der Waals surface area contributed by atoms with Crippen molar-refractivity contribution in [2.45, 2.75) is 13.8 Å². The van der Waals surface area contributed by atoms with Gasteiger partial charge in [-0.1, -0.05) is 35.9 Å². The normalized spacial score (nSPS) is 9.21. The fraction of sp³-hybridized carbons (Fsp3) is 0.200. The standard InChI is InChI=1S/C10H10O2.C5H8O2/c1-12-10(11)8-7-9-5-3-2-4-6-9;1-4(2)3-5(6)7/h2-8H,1H3;3H,1-2H3,(H,6,7). The number of aliphatic carboxylic acids is 1. The largest absolute Gasteiger partial charge is 0.478 e. The molecule has 0 aliphatic rings. The van der Waals surface area contributed by atoms with Crippen LogP contribution in [0.25, 0.3) is 6.08 Å². The lowest BCUT2D eigenvalue weighted by molar-refractivity contribution is -0.135. The maximum absolute atomic E-state index is 10.7. The van der Waals surface area contributed by atoms with E-state index in [9.17, 15) is 9.59 Å². The third-order valence-corrected chi connectivity index (χ3v) is 1.82. The highest BCUT2D eigenvalue weighted by Crippen LogP contribution is 2.00. The third-order valence-electron chi connectivity index (χ3n) is 1.82. The Morgan fingerprint density at radius 3 is 2.11 bits per heavy atom. The summed E-state index contributed by atoms with van der Waals surface area (Å²) in [5, 5.41) is 8.01. The van der Waals surface area contributed by atoms with E-state index < -0.39 is 5.97 Å². The predicted molar refractivity (Wildman–Crippen MR) is 74.6 cm³/mol. The zero-order chi connectivity index (χ0) is 14.7. The minimum atomic E-state index is -0.875. The number of carboxylic acid groups (broad SMARTS) is 1. The van der Waals surface area contributed by atoms with E-state index >= 15 is 0 Å². The Morgan fingerprint density at radius 2 is 1.74 bits per heavy atom. The average molecular weight is 262 g/mol. The molecule has 1 aromatic rings. The van der Waals surface area contributed by atoms with Gasteiger partial charge in [0.05, 0.1) is 7.11 Å². The van der Waals surface area contributed by atoms with Crippen LogP contribution in [0.1, 0.15) is 19.4 Å². The van der Waals surface area contributed by atoms with Gasteiger partial charge in [-0.25, -0.2) is 9.59 Å². The molecule has 0 heterocycles.